The van der Waals surface area contributed by atoms with Crippen LogP contribution in [0.2, 0.25) is 0 Å². The Kier molecular flexibility index (Phi) is 4.10. The fraction of sp³-hybridized carbons (Fsp3) is 0. The van der Waals surface area contributed by atoms with E-state index in [1.54, 1.807) is 41.8 Å². The third-order valence-corrected chi connectivity index (χ3v) is 4.77. The zero-order chi connectivity index (χ0) is 18.1. The van der Waals surface area contributed by atoms with Gasteiger partial charge in [0, 0.05) is 0 Å². The van der Waals surface area contributed by atoms with Crippen molar-refractivity contribution in [3.05, 3.63) is 87.0 Å². The highest BCUT2D eigenvalue weighted by Crippen LogP contribution is 2.29. The lowest BCUT2D eigenvalue weighted by Gasteiger charge is -2.11. The van der Waals surface area contributed by atoms with Gasteiger partial charge >= 0.3 is 0 Å². The number of para-hydroxylation sites is 1. The topological polar surface area (TPSA) is 59.3 Å². The van der Waals surface area contributed by atoms with E-state index < -0.39 is 5.82 Å². The van der Waals surface area contributed by atoms with Gasteiger partial charge in [-0.25, -0.2) is 4.39 Å². The molecule has 2 heterocycles. The first-order valence-electron chi connectivity index (χ1n) is 7.80. The van der Waals surface area contributed by atoms with Gasteiger partial charge in [-0.05, 0) is 41.3 Å². The van der Waals surface area contributed by atoms with E-state index in [-0.39, 0.29) is 22.8 Å². The predicted molar refractivity (Wildman–Crippen MR) is 100 cm³/mol. The zero-order valence-electron chi connectivity index (χ0n) is 13.4. The van der Waals surface area contributed by atoms with Gasteiger partial charge in [0.25, 0.3) is 5.91 Å². The van der Waals surface area contributed by atoms with E-state index in [0.29, 0.717) is 21.4 Å². The van der Waals surface area contributed by atoms with Crippen molar-refractivity contribution < 1.29 is 13.6 Å². The Labute approximate surface area is 151 Å². The van der Waals surface area contributed by atoms with Crippen molar-refractivity contribution in [3.8, 4) is 11.1 Å². The molecule has 0 aliphatic heterocycles. The number of carbonyl (C=O) groups is 1. The number of benzene rings is 2. The Balaban J connectivity index is 1.92. The standard InChI is InChI=1S/C20H12FNO3S/c21-13-9-7-12(8-10-13)17-18(23)14-4-1-2-5-15(14)25-20(17)22-19(24)16-6-3-11-26-16/h1-11H,(H,22,24). The van der Waals surface area contributed by atoms with Crippen molar-refractivity contribution in [2.24, 2.45) is 0 Å². The van der Waals surface area contributed by atoms with E-state index in [9.17, 15) is 14.0 Å². The molecule has 0 saturated heterocycles. The smallest absolute Gasteiger partial charge is 0.268 e. The first-order chi connectivity index (χ1) is 12.6. The van der Waals surface area contributed by atoms with Gasteiger partial charge in [-0.1, -0.05) is 30.3 Å². The van der Waals surface area contributed by atoms with Crippen LogP contribution in [0.15, 0.2) is 75.3 Å². The second-order valence-electron chi connectivity index (χ2n) is 5.57. The molecule has 0 unspecified atom stereocenters. The average Bonchev–Trinajstić information content (AvgIpc) is 3.18. The quantitative estimate of drug-likeness (QED) is 0.561. The average molecular weight is 365 g/mol. The summed E-state index contributed by atoms with van der Waals surface area (Å²) in [5, 5.41) is 4.84. The van der Waals surface area contributed by atoms with Crippen LogP contribution >= 0.6 is 11.3 Å². The van der Waals surface area contributed by atoms with E-state index in [1.165, 1.54) is 35.6 Å². The van der Waals surface area contributed by atoms with Crippen LogP contribution in [0.5, 0.6) is 0 Å². The second-order valence-corrected chi connectivity index (χ2v) is 6.52. The molecule has 4 rings (SSSR count). The number of fused-ring (bicyclic) bond motifs is 1. The van der Waals surface area contributed by atoms with E-state index in [2.05, 4.69) is 5.32 Å². The summed E-state index contributed by atoms with van der Waals surface area (Å²) >= 11 is 1.28. The number of halogens is 1. The molecule has 0 aliphatic carbocycles. The molecule has 1 amide bonds. The minimum Gasteiger partial charge on any atom is -0.439 e. The van der Waals surface area contributed by atoms with Crippen LogP contribution in [0, 0.1) is 5.82 Å². The van der Waals surface area contributed by atoms with Crippen molar-refractivity contribution in [3.63, 3.8) is 0 Å². The van der Waals surface area contributed by atoms with Gasteiger partial charge in [-0.3, -0.25) is 14.9 Å². The molecule has 4 nitrogen and oxygen atoms in total. The summed E-state index contributed by atoms with van der Waals surface area (Å²) in [5.74, 6) is -0.747. The molecule has 0 spiro atoms. The minimum absolute atomic E-state index is 0.0405. The highest BCUT2D eigenvalue weighted by molar-refractivity contribution is 7.12. The maximum Gasteiger partial charge on any atom is 0.268 e. The summed E-state index contributed by atoms with van der Waals surface area (Å²) in [5.41, 5.74) is 0.728. The van der Waals surface area contributed by atoms with Crippen LogP contribution in [0.4, 0.5) is 10.3 Å². The van der Waals surface area contributed by atoms with Crippen molar-refractivity contribution in [1.82, 2.24) is 0 Å². The number of hydrogen-bond donors (Lipinski definition) is 1. The summed E-state index contributed by atoms with van der Waals surface area (Å²) in [6.45, 7) is 0. The summed E-state index contributed by atoms with van der Waals surface area (Å²) in [6.07, 6.45) is 0. The van der Waals surface area contributed by atoms with Crippen LogP contribution in [0.25, 0.3) is 22.1 Å². The number of nitrogens with one attached hydrogen (secondary N) is 1. The summed E-state index contributed by atoms with van der Waals surface area (Å²) in [6, 6.07) is 15.7. The molecular formula is C20H12FNO3S. The number of thiophene rings is 1. The van der Waals surface area contributed by atoms with Crippen molar-refractivity contribution >= 4 is 34.1 Å². The Morgan fingerprint density at radius 3 is 2.50 bits per heavy atom. The van der Waals surface area contributed by atoms with Gasteiger partial charge in [0.15, 0.2) is 0 Å². The molecule has 26 heavy (non-hydrogen) atoms. The van der Waals surface area contributed by atoms with Crippen molar-refractivity contribution in [2.45, 2.75) is 0 Å². The van der Waals surface area contributed by atoms with Crippen LogP contribution in [0.1, 0.15) is 9.67 Å². The maximum atomic E-state index is 13.3. The van der Waals surface area contributed by atoms with Gasteiger partial charge in [0.1, 0.15) is 11.4 Å². The number of amides is 1. The molecule has 0 saturated carbocycles. The molecule has 0 fully saturated rings. The molecular weight excluding hydrogens is 353 g/mol. The van der Waals surface area contributed by atoms with Crippen molar-refractivity contribution in [2.75, 3.05) is 5.32 Å². The third kappa shape index (κ3) is 2.91. The Hall–Kier alpha value is -3.25. The minimum atomic E-state index is -0.414. The molecule has 0 aliphatic rings. The monoisotopic (exact) mass is 365 g/mol. The Bertz CT molecular complexity index is 1150. The third-order valence-electron chi connectivity index (χ3n) is 3.90. The van der Waals surface area contributed by atoms with Gasteiger partial charge in [-0.15, -0.1) is 11.3 Å². The van der Waals surface area contributed by atoms with Gasteiger partial charge < -0.3 is 4.42 Å². The van der Waals surface area contributed by atoms with E-state index in [0.717, 1.165) is 0 Å². The van der Waals surface area contributed by atoms with Crippen LogP contribution in [-0.4, -0.2) is 5.91 Å². The van der Waals surface area contributed by atoms with Crippen LogP contribution in [-0.2, 0) is 0 Å². The normalized spacial score (nSPS) is 10.8. The Morgan fingerprint density at radius 2 is 1.77 bits per heavy atom. The molecule has 2 aromatic heterocycles. The maximum absolute atomic E-state index is 13.3. The van der Waals surface area contributed by atoms with E-state index in [4.69, 9.17) is 4.42 Å². The van der Waals surface area contributed by atoms with Gasteiger partial charge in [0.2, 0.25) is 11.3 Å². The van der Waals surface area contributed by atoms with Crippen molar-refractivity contribution in [1.29, 1.82) is 0 Å². The molecule has 2 aromatic carbocycles. The first kappa shape index (κ1) is 16.2. The Morgan fingerprint density at radius 1 is 1.00 bits per heavy atom. The number of carbonyl (C=O) groups excluding carboxylic acids is 1. The second kappa shape index (κ2) is 6.57. The van der Waals surface area contributed by atoms with Gasteiger partial charge in [-0.2, -0.15) is 0 Å². The largest absolute Gasteiger partial charge is 0.439 e. The van der Waals surface area contributed by atoms with Crippen LogP contribution in [0.3, 0.4) is 0 Å². The summed E-state index contributed by atoms with van der Waals surface area (Å²) in [7, 11) is 0. The van der Waals surface area contributed by atoms with E-state index in [1.807, 2.05) is 0 Å². The zero-order valence-corrected chi connectivity index (χ0v) is 14.2. The molecule has 4 aromatic rings. The molecule has 0 atom stereocenters. The number of hydrogen-bond acceptors (Lipinski definition) is 4. The van der Waals surface area contributed by atoms with Gasteiger partial charge in [0.05, 0.1) is 15.8 Å². The lowest BCUT2D eigenvalue weighted by atomic mass is 10.0. The molecule has 0 bridgehead atoms. The fourth-order valence-corrected chi connectivity index (χ4v) is 3.30. The molecule has 6 heteroatoms. The molecule has 128 valence electrons. The van der Waals surface area contributed by atoms with Crippen LogP contribution < -0.4 is 10.7 Å². The first-order valence-corrected chi connectivity index (χ1v) is 8.68. The summed E-state index contributed by atoms with van der Waals surface area (Å²) < 4.78 is 19.1. The molecule has 0 radical (unpaired) electrons. The SMILES string of the molecule is O=C(Nc1oc2ccccc2c(=O)c1-c1ccc(F)cc1)c1cccs1. The predicted octanol–water partition coefficient (Wildman–Crippen LogP) is 4.91. The fourth-order valence-electron chi connectivity index (χ4n) is 2.68. The summed E-state index contributed by atoms with van der Waals surface area (Å²) in [4.78, 5) is 25.9. The lowest BCUT2D eigenvalue weighted by molar-refractivity contribution is 0.102. The number of anilines is 1. The van der Waals surface area contributed by atoms with E-state index >= 15 is 0 Å². The molecule has 1 N–H and O–H groups in total. The number of rotatable bonds is 3. The highest BCUT2D eigenvalue weighted by atomic mass is 32.1. The lowest BCUT2D eigenvalue weighted by Crippen LogP contribution is -2.15. The highest BCUT2D eigenvalue weighted by Gasteiger charge is 2.19.